The van der Waals surface area contributed by atoms with E-state index in [0.717, 1.165) is 6.08 Å². The monoisotopic (exact) mass is 394 g/mol. The Bertz CT molecular complexity index is 886. The van der Waals surface area contributed by atoms with Crippen LogP contribution in [0.5, 0.6) is 0 Å². The number of carbonyl (C=O) groups excluding carboxylic acids is 2. The van der Waals surface area contributed by atoms with Gasteiger partial charge in [0.05, 0.1) is 11.3 Å². The molecule has 1 N–H and O–H groups in total. The van der Waals surface area contributed by atoms with Crippen molar-refractivity contribution in [3.05, 3.63) is 54.2 Å². The molecule has 0 spiro atoms. The van der Waals surface area contributed by atoms with Crippen molar-refractivity contribution < 1.29 is 27.3 Å². The van der Waals surface area contributed by atoms with E-state index in [1.54, 1.807) is 29.2 Å². The number of likely N-dealkylation sites (tertiary alicyclic amines) is 1. The molecule has 2 heterocycles. The summed E-state index contributed by atoms with van der Waals surface area (Å²) in [4.78, 5) is 29.4. The van der Waals surface area contributed by atoms with E-state index in [1.165, 1.54) is 0 Å². The molecule has 1 aromatic heterocycles. The number of nitrogens with one attached hydrogen (secondary N) is 1. The summed E-state index contributed by atoms with van der Waals surface area (Å²) in [7, 11) is 0. The number of nitrogens with zero attached hydrogens (tertiary/aromatic N) is 3. The summed E-state index contributed by atoms with van der Waals surface area (Å²) < 4.78 is 42.1. The Morgan fingerprint density at radius 3 is 2.54 bits per heavy atom. The number of para-hydroxylation sites is 1. The Kier molecular flexibility index (Phi) is 5.48. The second kappa shape index (κ2) is 7.83. The largest absolute Gasteiger partial charge is 0.471 e. The molecule has 0 radical (unpaired) electrons. The molecular weight excluding hydrogens is 377 g/mol. The first-order valence-corrected chi connectivity index (χ1v) is 8.52. The zero-order chi connectivity index (χ0) is 20.3. The van der Waals surface area contributed by atoms with Gasteiger partial charge in [-0.05, 0) is 31.1 Å². The molecule has 28 heavy (non-hydrogen) atoms. The van der Waals surface area contributed by atoms with Gasteiger partial charge >= 0.3 is 12.1 Å². The first-order valence-electron chi connectivity index (χ1n) is 8.52. The van der Waals surface area contributed by atoms with E-state index in [2.05, 4.69) is 26.6 Å². The summed E-state index contributed by atoms with van der Waals surface area (Å²) in [6.07, 6.45) is -2.76. The summed E-state index contributed by atoms with van der Waals surface area (Å²) >= 11 is 0. The van der Waals surface area contributed by atoms with Crippen LogP contribution in [0.25, 0.3) is 0 Å². The van der Waals surface area contributed by atoms with Crippen molar-refractivity contribution in [2.45, 2.75) is 24.9 Å². The third-order valence-electron chi connectivity index (χ3n) is 4.43. The number of anilines is 1. The van der Waals surface area contributed by atoms with E-state index in [4.69, 9.17) is 0 Å². The van der Waals surface area contributed by atoms with Gasteiger partial charge in [-0.3, -0.25) is 9.59 Å². The number of hydrogen-bond acceptors (Lipinski definition) is 5. The Morgan fingerprint density at radius 2 is 1.93 bits per heavy atom. The average Bonchev–Trinajstić information content (AvgIpc) is 3.19. The maximum absolute atomic E-state index is 12.8. The first-order chi connectivity index (χ1) is 13.3. The number of amides is 2. The molecule has 1 aromatic carbocycles. The van der Waals surface area contributed by atoms with Crippen LogP contribution in [0.15, 0.2) is 41.4 Å². The lowest BCUT2D eigenvalue weighted by atomic mass is 9.95. The van der Waals surface area contributed by atoms with E-state index in [-0.39, 0.29) is 17.6 Å². The summed E-state index contributed by atoms with van der Waals surface area (Å²) in [5, 5.41) is 6.01. The molecule has 0 atom stereocenters. The molecule has 0 unspecified atom stereocenters. The molecule has 3 rings (SSSR count). The van der Waals surface area contributed by atoms with Crippen LogP contribution < -0.4 is 5.32 Å². The lowest BCUT2D eigenvalue weighted by molar-refractivity contribution is -0.159. The molecule has 0 bridgehead atoms. The maximum Gasteiger partial charge on any atom is 0.471 e. The second-order valence-electron chi connectivity index (χ2n) is 6.26. The van der Waals surface area contributed by atoms with Crippen LogP contribution in [0.1, 0.15) is 40.8 Å². The highest BCUT2D eigenvalue weighted by molar-refractivity contribution is 6.06. The molecule has 0 saturated carbocycles. The van der Waals surface area contributed by atoms with Crippen LogP contribution in [0.4, 0.5) is 18.9 Å². The Hall–Kier alpha value is -3.17. The third kappa shape index (κ3) is 4.21. The number of benzene rings is 1. The van der Waals surface area contributed by atoms with Gasteiger partial charge in [-0.1, -0.05) is 23.9 Å². The smallest absolute Gasteiger partial charge is 0.339 e. The van der Waals surface area contributed by atoms with Gasteiger partial charge in [0.1, 0.15) is 0 Å². The Labute approximate surface area is 158 Å². The van der Waals surface area contributed by atoms with Crippen LogP contribution in [-0.4, -0.2) is 39.9 Å². The first kappa shape index (κ1) is 19.6. The lowest BCUT2D eigenvalue weighted by Crippen LogP contribution is -2.38. The molecule has 0 aliphatic carbocycles. The average molecular weight is 394 g/mol. The molecular formula is C18H17F3N4O3. The fraction of sp³-hybridized carbons (Fsp3) is 0.333. The summed E-state index contributed by atoms with van der Waals surface area (Å²) in [5.41, 5.74) is 0.697. The van der Waals surface area contributed by atoms with Gasteiger partial charge < -0.3 is 14.7 Å². The minimum absolute atomic E-state index is 0.00179. The minimum Gasteiger partial charge on any atom is -0.339 e. The number of aromatic nitrogens is 2. The van der Waals surface area contributed by atoms with Crippen molar-refractivity contribution >= 4 is 17.5 Å². The Balaban J connectivity index is 1.67. The van der Waals surface area contributed by atoms with Crippen LogP contribution >= 0.6 is 0 Å². The topological polar surface area (TPSA) is 88.3 Å². The van der Waals surface area contributed by atoms with Crippen molar-refractivity contribution in [1.82, 2.24) is 15.0 Å². The van der Waals surface area contributed by atoms with Crippen molar-refractivity contribution in [3.8, 4) is 0 Å². The summed E-state index contributed by atoms with van der Waals surface area (Å²) in [5.74, 6) is -2.40. The SMILES string of the molecule is C=CC(=O)Nc1ccccc1C(=O)N1CCC(c2noc(C(F)(F)F)n2)CC1. The van der Waals surface area contributed by atoms with Gasteiger partial charge in [-0.2, -0.15) is 18.2 Å². The van der Waals surface area contributed by atoms with Gasteiger partial charge in [0.25, 0.3) is 5.91 Å². The van der Waals surface area contributed by atoms with Crippen molar-refractivity contribution in [2.24, 2.45) is 0 Å². The van der Waals surface area contributed by atoms with Gasteiger partial charge in [-0.15, -0.1) is 0 Å². The van der Waals surface area contributed by atoms with Crippen LogP contribution in [0.2, 0.25) is 0 Å². The fourth-order valence-electron chi connectivity index (χ4n) is 2.99. The fourth-order valence-corrected chi connectivity index (χ4v) is 2.99. The number of alkyl halides is 3. The quantitative estimate of drug-likeness (QED) is 0.805. The van der Waals surface area contributed by atoms with Gasteiger partial charge in [0.2, 0.25) is 5.91 Å². The van der Waals surface area contributed by atoms with Crippen LogP contribution in [0.3, 0.4) is 0 Å². The molecule has 1 fully saturated rings. The van der Waals surface area contributed by atoms with E-state index in [1.807, 2.05) is 0 Å². The number of piperidine rings is 1. The molecule has 2 amide bonds. The predicted octanol–water partition coefficient (Wildman–Crippen LogP) is 3.23. The van der Waals surface area contributed by atoms with Crippen molar-refractivity contribution in [2.75, 3.05) is 18.4 Å². The van der Waals surface area contributed by atoms with Crippen LogP contribution in [0, 0.1) is 0 Å². The van der Waals surface area contributed by atoms with E-state index in [0.29, 0.717) is 37.2 Å². The zero-order valence-electron chi connectivity index (χ0n) is 14.7. The van der Waals surface area contributed by atoms with Crippen molar-refractivity contribution in [1.29, 1.82) is 0 Å². The molecule has 1 aliphatic heterocycles. The van der Waals surface area contributed by atoms with Crippen molar-refractivity contribution in [3.63, 3.8) is 0 Å². The third-order valence-corrected chi connectivity index (χ3v) is 4.43. The Morgan fingerprint density at radius 1 is 1.25 bits per heavy atom. The number of rotatable bonds is 4. The normalized spacial score (nSPS) is 15.3. The molecule has 148 valence electrons. The standard InChI is InChI=1S/C18H17F3N4O3/c1-2-14(26)22-13-6-4-3-5-12(13)16(27)25-9-7-11(8-10-25)15-23-17(28-24-15)18(19,20)21/h2-6,11H,1,7-10H2,(H,22,26). The molecule has 2 aromatic rings. The lowest BCUT2D eigenvalue weighted by Gasteiger charge is -2.31. The highest BCUT2D eigenvalue weighted by Crippen LogP contribution is 2.32. The van der Waals surface area contributed by atoms with Gasteiger partial charge in [-0.25, -0.2) is 0 Å². The number of carbonyl (C=O) groups is 2. The van der Waals surface area contributed by atoms with Gasteiger partial charge in [0, 0.05) is 19.0 Å². The predicted molar refractivity (Wildman–Crippen MR) is 92.4 cm³/mol. The van der Waals surface area contributed by atoms with E-state index >= 15 is 0 Å². The minimum atomic E-state index is -4.68. The molecule has 1 saturated heterocycles. The van der Waals surface area contributed by atoms with Gasteiger partial charge in [0.15, 0.2) is 5.82 Å². The van der Waals surface area contributed by atoms with E-state index in [9.17, 15) is 22.8 Å². The molecule has 10 heteroatoms. The van der Waals surface area contributed by atoms with Crippen LogP contribution in [-0.2, 0) is 11.0 Å². The number of hydrogen-bond donors (Lipinski definition) is 1. The highest BCUT2D eigenvalue weighted by atomic mass is 19.4. The summed E-state index contributed by atoms with van der Waals surface area (Å²) in [6.45, 7) is 4.02. The highest BCUT2D eigenvalue weighted by Gasteiger charge is 2.39. The van der Waals surface area contributed by atoms with E-state index < -0.39 is 18.0 Å². The molecule has 1 aliphatic rings. The number of halogens is 3. The zero-order valence-corrected chi connectivity index (χ0v) is 14.7. The molecule has 7 nitrogen and oxygen atoms in total. The second-order valence-corrected chi connectivity index (χ2v) is 6.26. The summed E-state index contributed by atoms with van der Waals surface area (Å²) in [6, 6.07) is 6.58. The maximum atomic E-state index is 12.8.